The molecule has 1 fully saturated rings. The van der Waals surface area contributed by atoms with Gasteiger partial charge in [-0.2, -0.15) is 13.2 Å². The molecule has 0 bridgehead atoms. The maximum Gasteiger partial charge on any atom is 0.451 e. The van der Waals surface area contributed by atoms with Crippen molar-refractivity contribution < 1.29 is 18.0 Å². The number of nitrogens with zero attached hydrogens (tertiary/aromatic N) is 3. The lowest BCUT2D eigenvalue weighted by molar-refractivity contribution is -0.147. The Hall–Kier alpha value is -1.25. The normalized spacial score (nSPS) is 25.4. The second kappa shape index (κ2) is 7.11. The highest BCUT2D eigenvalue weighted by molar-refractivity contribution is 7.99. The minimum absolute atomic E-state index is 0.0292. The summed E-state index contributed by atoms with van der Waals surface area (Å²) < 4.78 is 38.8. The second-order valence-electron chi connectivity index (χ2n) is 6.09. The summed E-state index contributed by atoms with van der Waals surface area (Å²) in [5.41, 5.74) is 0. The van der Waals surface area contributed by atoms with E-state index in [1.165, 1.54) is 13.5 Å². The number of nitrogens with one attached hydrogen (secondary N) is 1. The Morgan fingerprint density at radius 2 is 2.04 bits per heavy atom. The highest BCUT2D eigenvalue weighted by Gasteiger charge is 2.37. The number of hydrogen-bond acceptors (Lipinski definition) is 4. The Labute approximate surface area is 137 Å². The van der Waals surface area contributed by atoms with Crippen molar-refractivity contribution >= 4 is 17.7 Å². The zero-order valence-corrected chi connectivity index (χ0v) is 14.2. The summed E-state index contributed by atoms with van der Waals surface area (Å²) in [6, 6.07) is 0.136. The largest absolute Gasteiger partial charge is 0.451 e. The van der Waals surface area contributed by atoms with E-state index in [1.54, 1.807) is 0 Å². The first-order chi connectivity index (χ1) is 10.7. The average molecular weight is 350 g/mol. The van der Waals surface area contributed by atoms with Crippen molar-refractivity contribution in [2.24, 2.45) is 18.9 Å². The second-order valence-corrected chi connectivity index (χ2v) is 7.04. The summed E-state index contributed by atoms with van der Waals surface area (Å²) in [5, 5.41) is 9.71. The van der Waals surface area contributed by atoms with Gasteiger partial charge in [0.1, 0.15) is 0 Å². The molecule has 0 saturated heterocycles. The van der Waals surface area contributed by atoms with Gasteiger partial charge in [-0.05, 0) is 18.3 Å². The maximum absolute atomic E-state index is 12.6. The lowest BCUT2D eigenvalue weighted by atomic mass is 9.78. The first-order valence-corrected chi connectivity index (χ1v) is 8.57. The molecule has 1 saturated carbocycles. The molecule has 1 aromatic rings. The van der Waals surface area contributed by atoms with E-state index in [2.05, 4.69) is 29.4 Å². The predicted molar refractivity (Wildman–Crippen MR) is 80.8 cm³/mol. The number of hydrogen-bond donors (Lipinski definition) is 1. The molecule has 0 aromatic carbocycles. The van der Waals surface area contributed by atoms with Crippen molar-refractivity contribution in [3.05, 3.63) is 5.82 Å². The molecule has 0 unspecified atom stereocenters. The van der Waals surface area contributed by atoms with Crippen molar-refractivity contribution in [2.75, 3.05) is 5.75 Å². The van der Waals surface area contributed by atoms with E-state index < -0.39 is 12.0 Å². The van der Waals surface area contributed by atoms with Crippen LogP contribution in [-0.4, -0.2) is 32.5 Å². The van der Waals surface area contributed by atoms with Crippen LogP contribution in [0.15, 0.2) is 5.16 Å². The lowest BCUT2D eigenvalue weighted by Gasteiger charge is -2.34. The lowest BCUT2D eigenvalue weighted by Crippen LogP contribution is -2.44. The van der Waals surface area contributed by atoms with Gasteiger partial charge in [0.2, 0.25) is 11.7 Å². The van der Waals surface area contributed by atoms with Crippen LogP contribution in [0.2, 0.25) is 0 Å². The highest BCUT2D eigenvalue weighted by Crippen LogP contribution is 2.31. The SMILES string of the molecule is C[C@@H]1[C@@H](C)CCC[C@H]1NC(=O)CSc1nnc(C(F)(F)F)n1C. The third-order valence-electron chi connectivity index (χ3n) is 4.47. The van der Waals surface area contributed by atoms with Crippen molar-refractivity contribution in [3.8, 4) is 0 Å². The van der Waals surface area contributed by atoms with Crippen LogP contribution >= 0.6 is 11.8 Å². The van der Waals surface area contributed by atoms with Crippen LogP contribution in [0.5, 0.6) is 0 Å². The van der Waals surface area contributed by atoms with Crippen LogP contribution in [0.3, 0.4) is 0 Å². The molecule has 0 radical (unpaired) electrons. The van der Waals surface area contributed by atoms with Gasteiger partial charge in [-0.15, -0.1) is 10.2 Å². The van der Waals surface area contributed by atoms with Crippen molar-refractivity contribution in [2.45, 2.75) is 50.5 Å². The number of carbonyl (C=O) groups excluding carboxylic acids is 1. The van der Waals surface area contributed by atoms with E-state index in [-0.39, 0.29) is 22.9 Å². The van der Waals surface area contributed by atoms with Crippen LogP contribution in [-0.2, 0) is 18.0 Å². The molecule has 9 heteroatoms. The molecule has 1 aliphatic carbocycles. The van der Waals surface area contributed by atoms with Gasteiger partial charge in [-0.1, -0.05) is 38.5 Å². The van der Waals surface area contributed by atoms with E-state index in [9.17, 15) is 18.0 Å². The standard InChI is InChI=1S/C14H21F3N4OS/c1-8-5-4-6-10(9(8)2)18-11(22)7-23-13-20-19-12(21(13)3)14(15,16)17/h8-10H,4-7H2,1-3H3,(H,18,22)/t8-,9+,10+/m0/s1. The van der Waals surface area contributed by atoms with Gasteiger partial charge in [-0.3, -0.25) is 4.79 Å². The number of amides is 1. The smallest absolute Gasteiger partial charge is 0.352 e. The molecule has 23 heavy (non-hydrogen) atoms. The van der Waals surface area contributed by atoms with Crippen molar-refractivity contribution in [3.63, 3.8) is 0 Å². The third-order valence-corrected chi connectivity index (χ3v) is 5.49. The zero-order valence-electron chi connectivity index (χ0n) is 13.4. The minimum Gasteiger partial charge on any atom is -0.352 e. The Bertz CT molecular complexity index is 561. The fraction of sp³-hybridized carbons (Fsp3) is 0.786. The van der Waals surface area contributed by atoms with Crippen LogP contribution in [0.25, 0.3) is 0 Å². The molecular formula is C14H21F3N4OS. The Morgan fingerprint density at radius 3 is 2.65 bits per heavy atom. The topological polar surface area (TPSA) is 59.8 Å². The van der Waals surface area contributed by atoms with Crippen molar-refractivity contribution in [1.82, 2.24) is 20.1 Å². The molecule has 5 nitrogen and oxygen atoms in total. The first kappa shape index (κ1) is 18.1. The van der Waals surface area contributed by atoms with Gasteiger partial charge in [0.25, 0.3) is 0 Å². The molecular weight excluding hydrogens is 329 g/mol. The first-order valence-electron chi connectivity index (χ1n) is 7.59. The van der Waals surface area contributed by atoms with E-state index in [0.29, 0.717) is 11.8 Å². The van der Waals surface area contributed by atoms with Crippen LogP contribution in [0.4, 0.5) is 13.2 Å². The number of carbonyl (C=O) groups is 1. The van der Waals surface area contributed by atoms with Crippen molar-refractivity contribution in [1.29, 1.82) is 0 Å². The predicted octanol–water partition coefficient (Wildman–Crippen LogP) is 2.87. The number of halogens is 3. The fourth-order valence-electron chi connectivity index (χ4n) is 2.85. The van der Waals surface area contributed by atoms with Gasteiger partial charge in [0.15, 0.2) is 5.16 Å². The maximum atomic E-state index is 12.6. The third kappa shape index (κ3) is 4.39. The van der Waals surface area contributed by atoms with E-state index >= 15 is 0 Å². The number of aromatic nitrogens is 3. The van der Waals surface area contributed by atoms with E-state index in [0.717, 1.165) is 29.2 Å². The minimum atomic E-state index is -4.55. The van der Waals surface area contributed by atoms with E-state index in [1.807, 2.05) is 0 Å². The zero-order chi connectivity index (χ0) is 17.2. The summed E-state index contributed by atoms with van der Waals surface area (Å²) in [4.78, 5) is 12.0. The molecule has 1 aromatic heterocycles. The summed E-state index contributed by atoms with van der Waals surface area (Å²) >= 11 is 0.960. The van der Waals surface area contributed by atoms with E-state index in [4.69, 9.17) is 0 Å². The monoisotopic (exact) mass is 350 g/mol. The summed E-state index contributed by atoms with van der Waals surface area (Å²) in [6.45, 7) is 4.30. The van der Waals surface area contributed by atoms with Gasteiger partial charge in [0, 0.05) is 13.1 Å². The number of thioether (sulfide) groups is 1. The molecule has 1 N–H and O–H groups in total. The molecule has 130 valence electrons. The van der Waals surface area contributed by atoms with Gasteiger partial charge in [0.05, 0.1) is 5.75 Å². The van der Waals surface area contributed by atoms with Crippen LogP contribution in [0.1, 0.15) is 38.9 Å². The fourth-order valence-corrected chi connectivity index (χ4v) is 3.57. The molecule has 3 atom stereocenters. The Morgan fingerprint density at radius 1 is 1.35 bits per heavy atom. The number of alkyl halides is 3. The molecule has 0 spiro atoms. The molecule has 2 rings (SSSR count). The van der Waals surface area contributed by atoms with Gasteiger partial charge >= 0.3 is 6.18 Å². The molecule has 1 heterocycles. The summed E-state index contributed by atoms with van der Waals surface area (Å²) in [6.07, 6.45) is -1.34. The van der Waals surface area contributed by atoms with Gasteiger partial charge in [-0.25, -0.2) is 0 Å². The van der Waals surface area contributed by atoms with Gasteiger partial charge < -0.3 is 9.88 Å². The highest BCUT2D eigenvalue weighted by atomic mass is 32.2. The molecule has 0 aliphatic heterocycles. The summed E-state index contributed by atoms with van der Waals surface area (Å²) in [5.74, 6) is -0.242. The number of rotatable bonds is 4. The Kier molecular flexibility index (Phi) is 5.59. The molecule has 1 aliphatic rings. The van der Waals surface area contributed by atoms with Crippen LogP contribution in [0, 0.1) is 11.8 Å². The average Bonchev–Trinajstić information content (AvgIpc) is 2.83. The quantitative estimate of drug-likeness (QED) is 0.849. The molecule has 1 amide bonds. The Balaban J connectivity index is 1.89. The summed E-state index contributed by atoms with van der Waals surface area (Å²) in [7, 11) is 1.24. The van der Waals surface area contributed by atoms with Crippen LogP contribution < -0.4 is 5.32 Å².